The molecule has 1 heterocycles. The third kappa shape index (κ3) is 3.88. The third-order valence-electron chi connectivity index (χ3n) is 3.66. The van der Waals surface area contributed by atoms with Crippen molar-refractivity contribution in [1.29, 1.82) is 0 Å². The van der Waals surface area contributed by atoms with Crippen LogP contribution in [-0.4, -0.2) is 26.4 Å². The van der Waals surface area contributed by atoms with E-state index >= 15 is 0 Å². The van der Waals surface area contributed by atoms with Crippen molar-refractivity contribution in [2.45, 2.75) is 45.5 Å². The molecule has 1 rings (SSSR count). The Bertz CT molecular complexity index is 452. The summed E-state index contributed by atoms with van der Waals surface area (Å²) < 4.78 is 10.8. The molecular weight excluding hydrogens is 258 g/mol. The summed E-state index contributed by atoms with van der Waals surface area (Å²) >= 11 is 0. The summed E-state index contributed by atoms with van der Waals surface area (Å²) in [6.45, 7) is 11.3. The molecule has 0 aliphatic carbocycles. The highest BCUT2D eigenvalue weighted by atomic mass is 28.4. The average molecular weight is 281 g/mol. The molecule has 0 aliphatic rings. The number of hydrogen-bond acceptors (Lipinski definition) is 4. The number of carbonyl (C=O) groups is 1. The number of methoxy groups -OCH3 is 1. The van der Waals surface area contributed by atoms with Crippen LogP contribution in [0.1, 0.15) is 36.8 Å². The number of rotatable bonds is 4. The summed E-state index contributed by atoms with van der Waals surface area (Å²) in [5.74, 6) is -0.422. The zero-order valence-corrected chi connectivity index (χ0v) is 13.6. The lowest BCUT2D eigenvalue weighted by atomic mass is 10.2. The molecule has 0 fully saturated rings. The van der Waals surface area contributed by atoms with Gasteiger partial charge in [-0.25, -0.2) is 9.78 Å². The van der Waals surface area contributed by atoms with Gasteiger partial charge >= 0.3 is 5.97 Å². The van der Waals surface area contributed by atoms with E-state index < -0.39 is 14.3 Å². The zero-order valence-electron chi connectivity index (χ0n) is 12.6. The predicted molar refractivity (Wildman–Crippen MR) is 77.6 cm³/mol. The molecule has 0 atom stereocenters. The summed E-state index contributed by atoms with van der Waals surface area (Å²) in [6.07, 6.45) is 1.59. The first kappa shape index (κ1) is 15.9. The minimum atomic E-state index is -1.84. The van der Waals surface area contributed by atoms with Crippen LogP contribution >= 0.6 is 0 Å². The topological polar surface area (TPSA) is 48.4 Å². The highest BCUT2D eigenvalue weighted by Gasteiger charge is 2.37. The largest absolute Gasteiger partial charge is 0.464 e. The Morgan fingerprint density at radius 1 is 1.37 bits per heavy atom. The van der Waals surface area contributed by atoms with E-state index in [2.05, 4.69) is 38.8 Å². The van der Waals surface area contributed by atoms with E-state index in [1.165, 1.54) is 7.11 Å². The maximum Gasteiger partial charge on any atom is 0.357 e. The van der Waals surface area contributed by atoms with E-state index in [1.54, 1.807) is 12.3 Å². The van der Waals surface area contributed by atoms with Crippen LogP contribution < -0.4 is 0 Å². The van der Waals surface area contributed by atoms with Gasteiger partial charge in [-0.05, 0) is 24.2 Å². The number of nitrogens with zero attached hydrogens (tertiary/aromatic N) is 1. The van der Waals surface area contributed by atoms with E-state index in [0.29, 0.717) is 12.3 Å². The number of esters is 1. The summed E-state index contributed by atoms with van der Waals surface area (Å²) in [7, 11) is -0.479. The molecule has 106 valence electrons. The second-order valence-electron chi connectivity index (χ2n) is 6.05. The minimum Gasteiger partial charge on any atom is -0.464 e. The van der Waals surface area contributed by atoms with Gasteiger partial charge in [-0.1, -0.05) is 26.8 Å². The second kappa shape index (κ2) is 5.84. The quantitative estimate of drug-likeness (QED) is 0.627. The Balaban J connectivity index is 2.87. The van der Waals surface area contributed by atoms with Crippen LogP contribution in [0.3, 0.4) is 0 Å². The van der Waals surface area contributed by atoms with Gasteiger partial charge in [-0.15, -0.1) is 0 Å². The lowest BCUT2D eigenvalue weighted by molar-refractivity contribution is 0.0590. The Labute approximate surface area is 116 Å². The standard InChI is InChI=1S/C14H23NO3Si/c1-14(2,3)19(5,6)18-10-11-8-7-9-15-12(11)13(16)17-4/h7-9H,10H2,1-6H3. The van der Waals surface area contributed by atoms with Crippen molar-refractivity contribution in [2.75, 3.05) is 7.11 Å². The van der Waals surface area contributed by atoms with Crippen LogP contribution in [0.4, 0.5) is 0 Å². The van der Waals surface area contributed by atoms with Crippen LogP contribution in [0, 0.1) is 0 Å². The van der Waals surface area contributed by atoms with E-state index in [4.69, 9.17) is 9.16 Å². The van der Waals surface area contributed by atoms with Crippen LogP contribution in [0.25, 0.3) is 0 Å². The Kier molecular flexibility index (Phi) is 4.87. The fourth-order valence-electron chi connectivity index (χ4n) is 1.31. The highest BCUT2D eigenvalue weighted by Crippen LogP contribution is 2.37. The van der Waals surface area contributed by atoms with Gasteiger partial charge in [-0.3, -0.25) is 0 Å². The number of hydrogen-bond donors (Lipinski definition) is 0. The maximum absolute atomic E-state index is 11.6. The number of carbonyl (C=O) groups excluding carboxylic acids is 1. The lowest BCUT2D eigenvalue weighted by Gasteiger charge is -2.36. The molecule has 0 aliphatic heterocycles. The van der Waals surface area contributed by atoms with Crippen molar-refractivity contribution in [3.05, 3.63) is 29.6 Å². The molecule has 1 aromatic rings. The summed E-state index contributed by atoms with van der Waals surface area (Å²) in [5.41, 5.74) is 1.11. The van der Waals surface area contributed by atoms with Crippen molar-refractivity contribution in [3.8, 4) is 0 Å². The molecule has 0 bridgehead atoms. The third-order valence-corrected chi connectivity index (χ3v) is 8.14. The molecular formula is C14H23NO3Si. The van der Waals surface area contributed by atoms with Crippen LogP contribution in [0.5, 0.6) is 0 Å². The van der Waals surface area contributed by atoms with Gasteiger partial charge in [0.05, 0.1) is 13.7 Å². The first-order valence-electron chi connectivity index (χ1n) is 6.35. The molecule has 0 unspecified atom stereocenters. The molecule has 4 nitrogen and oxygen atoms in total. The van der Waals surface area contributed by atoms with Gasteiger partial charge in [0.15, 0.2) is 14.0 Å². The fraction of sp³-hybridized carbons (Fsp3) is 0.571. The number of ether oxygens (including phenoxy) is 1. The molecule has 5 heteroatoms. The van der Waals surface area contributed by atoms with Gasteiger partial charge in [-0.2, -0.15) is 0 Å². The summed E-state index contributed by atoms with van der Waals surface area (Å²) in [4.78, 5) is 15.7. The first-order valence-corrected chi connectivity index (χ1v) is 9.26. The Morgan fingerprint density at radius 3 is 2.53 bits per heavy atom. The fourth-order valence-corrected chi connectivity index (χ4v) is 2.26. The average Bonchev–Trinajstić information content (AvgIpc) is 2.34. The van der Waals surface area contributed by atoms with Crippen molar-refractivity contribution in [1.82, 2.24) is 4.98 Å². The van der Waals surface area contributed by atoms with E-state index in [0.717, 1.165) is 5.56 Å². The molecule has 0 N–H and O–H groups in total. The SMILES string of the molecule is COC(=O)c1ncccc1CO[Si](C)(C)C(C)(C)C. The van der Waals surface area contributed by atoms with Crippen LogP contribution in [0.15, 0.2) is 18.3 Å². The molecule has 0 spiro atoms. The van der Waals surface area contributed by atoms with Crippen LogP contribution in [-0.2, 0) is 15.8 Å². The Hall–Kier alpha value is -1.20. The van der Waals surface area contributed by atoms with E-state index in [9.17, 15) is 4.79 Å². The molecule has 0 aromatic carbocycles. The molecule has 0 saturated carbocycles. The van der Waals surface area contributed by atoms with E-state index in [-0.39, 0.29) is 5.04 Å². The predicted octanol–water partition coefficient (Wildman–Crippen LogP) is 3.39. The van der Waals surface area contributed by atoms with E-state index in [1.807, 2.05) is 6.07 Å². The molecule has 1 aromatic heterocycles. The number of aromatic nitrogens is 1. The zero-order chi connectivity index (χ0) is 14.7. The van der Waals surface area contributed by atoms with Gasteiger partial charge in [0, 0.05) is 11.8 Å². The molecule has 0 saturated heterocycles. The number of pyridine rings is 1. The smallest absolute Gasteiger partial charge is 0.357 e. The molecule has 19 heavy (non-hydrogen) atoms. The lowest BCUT2D eigenvalue weighted by Crippen LogP contribution is -2.40. The monoisotopic (exact) mass is 281 g/mol. The van der Waals surface area contributed by atoms with Gasteiger partial charge in [0.25, 0.3) is 0 Å². The Morgan fingerprint density at radius 2 is 2.00 bits per heavy atom. The van der Waals surface area contributed by atoms with Crippen molar-refractivity contribution >= 4 is 14.3 Å². The maximum atomic E-state index is 11.6. The summed E-state index contributed by atoms with van der Waals surface area (Å²) in [6, 6.07) is 3.66. The van der Waals surface area contributed by atoms with Gasteiger partial charge in [0.2, 0.25) is 0 Å². The summed E-state index contributed by atoms with van der Waals surface area (Å²) in [5, 5.41) is 0.140. The van der Waals surface area contributed by atoms with Crippen LogP contribution in [0.2, 0.25) is 18.1 Å². The minimum absolute atomic E-state index is 0.140. The normalized spacial score (nSPS) is 12.3. The second-order valence-corrected chi connectivity index (χ2v) is 10.9. The molecule has 0 amide bonds. The van der Waals surface area contributed by atoms with Crippen molar-refractivity contribution in [3.63, 3.8) is 0 Å². The van der Waals surface area contributed by atoms with Gasteiger partial charge in [0.1, 0.15) is 0 Å². The van der Waals surface area contributed by atoms with Gasteiger partial charge < -0.3 is 9.16 Å². The molecule has 0 radical (unpaired) electrons. The van der Waals surface area contributed by atoms with Crippen molar-refractivity contribution in [2.24, 2.45) is 0 Å². The van der Waals surface area contributed by atoms with Crippen molar-refractivity contribution < 1.29 is 14.0 Å². The highest BCUT2D eigenvalue weighted by molar-refractivity contribution is 6.74. The first-order chi connectivity index (χ1) is 8.69.